The van der Waals surface area contributed by atoms with E-state index in [2.05, 4.69) is 5.32 Å². The Hall–Kier alpha value is -1.75. The molecule has 0 fully saturated rings. The molecule has 104 valence electrons. The number of carbonyl (C=O) groups is 2. The van der Waals surface area contributed by atoms with Crippen LogP contribution in [0.25, 0.3) is 0 Å². The van der Waals surface area contributed by atoms with E-state index in [0.717, 1.165) is 0 Å². The predicted octanol–water partition coefficient (Wildman–Crippen LogP) is 2.49. The minimum Gasteiger partial charge on any atom is -0.481 e. The second-order valence-electron chi connectivity index (χ2n) is 4.93. The first-order valence-electron chi connectivity index (χ1n) is 5.81. The van der Waals surface area contributed by atoms with E-state index >= 15 is 0 Å². The third-order valence-electron chi connectivity index (χ3n) is 2.70. The number of aliphatic carboxylic acids is 1. The van der Waals surface area contributed by atoms with Gasteiger partial charge in [0.25, 0.3) is 5.91 Å². The van der Waals surface area contributed by atoms with E-state index in [1.165, 1.54) is 0 Å². The third kappa shape index (κ3) is 4.44. The van der Waals surface area contributed by atoms with Gasteiger partial charge in [-0.05, 0) is 32.4 Å². The van der Waals surface area contributed by atoms with Gasteiger partial charge in [0.1, 0.15) is 0 Å². The maximum Gasteiger partial charge on any atom is 0.303 e. The number of hydrogen-bond donors (Lipinski definition) is 3. The number of benzene rings is 1. The molecule has 0 aliphatic carbocycles. The van der Waals surface area contributed by atoms with E-state index in [-0.39, 0.29) is 17.0 Å². The van der Waals surface area contributed by atoms with Crippen LogP contribution in [0.5, 0.6) is 0 Å². The van der Waals surface area contributed by atoms with Crippen LogP contribution in [0.3, 0.4) is 0 Å². The van der Waals surface area contributed by atoms with E-state index in [0.29, 0.717) is 12.1 Å². The van der Waals surface area contributed by atoms with Crippen molar-refractivity contribution in [2.45, 2.75) is 32.2 Å². The number of nitrogens with two attached hydrogens (primary N) is 1. The van der Waals surface area contributed by atoms with Crippen LogP contribution in [-0.4, -0.2) is 22.5 Å². The van der Waals surface area contributed by atoms with Crippen LogP contribution in [0.4, 0.5) is 5.69 Å². The van der Waals surface area contributed by atoms with Crippen molar-refractivity contribution in [2.24, 2.45) is 5.73 Å². The van der Waals surface area contributed by atoms with Gasteiger partial charge in [-0.25, -0.2) is 0 Å². The second-order valence-corrected chi connectivity index (χ2v) is 5.34. The van der Waals surface area contributed by atoms with E-state index < -0.39 is 17.4 Å². The molecule has 1 rings (SSSR count). The monoisotopic (exact) mass is 284 g/mol. The second kappa shape index (κ2) is 5.93. The Morgan fingerprint density at radius 2 is 2.05 bits per heavy atom. The summed E-state index contributed by atoms with van der Waals surface area (Å²) >= 11 is 5.95. The Morgan fingerprint density at radius 1 is 1.42 bits per heavy atom. The highest BCUT2D eigenvalue weighted by Crippen LogP contribution is 2.27. The zero-order valence-corrected chi connectivity index (χ0v) is 11.6. The quantitative estimate of drug-likeness (QED) is 0.748. The number of anilines is 1. The van der Waals surface area contributed by atoms with Crippen molar-refractivity contribution in [1.82, 2.24) is 0 Å². The Balaban J connectivity index is 2.95. The molecule has 0 aromatic heterocycles. The molecule has 19 heavy (non-hydrogen) atoms. The molecule has 0 saturated carbocycles. The molecule has 1 amide bonds. The summed E-state index contributed by atoms with van der Waals surface area (Å²) in [5.41, 5.74) is 5.53. The smallest absolute Gasteiger partial charge is 0.303 e. The van der Waals surface area contributed by atoms with Crippen LogP contribution in [0, 0.1) is 0 Å². The number of primary amides is 1. The fourth-order valence-electron chi connectivity index (χ4n) is 1.73. The molecule has 1 aromatic carbocycles. The summed E-state index contributed by atoms with van der Waals surface area (Å²) in [5.74, 6) is -1.49. The van der Waals surface area contributed by atoms with Gasteiger partial charge in [0.2, 0.25) is 0 Å². The van der Waals surface area contributed by atoms with Gasteiger partial charge in [-0.15, -0.1) is 0 Å². The number of halogens is 1. The lowest BCUT2D eigenvalue weighted by Gasteiger charge is -2.28. The highest BCUT2D eigenvalue weighted by atomic mass is 35.5. The van der Waals surface area contributed by atoms with E-state index in [4.69, 9.17) is 22.4 Å². The Kier molecular flexibility index (Phi) is 4.78. The minimum atomic E-state index is -0.865. The Labute approximate surface area is 116 Å². The fraction of sp³-hybridized carbons (Fsp3) is 0.385. The van der Waals surface area contributed by atoms with Crippen LogP contribution in [0.2, 0.25) is 5.02 Å². The Morgan fingerprint density at radius 3 is 2.58 bits per heavy atom. The van der Waals surface area contributed by atoms with Crippen molar-refractivity contribution < 1.29 is 14.7 Å². The number of rotatable bonds is 6. The first-order chi connectivity index (χ1) is 8.73. The first kappa shape index (κ1) is 15.3. The number of nitrogens with one attached hydrogen (secondary N) is 1. The van der Waals surface area contributed by atoms with Crippen molar-refractivity contribution in [2.75, 3.05) is 5.32 Å². The summed E-state index contributed by atoms with van der Waals surface area (Å²) in [7, 11) is 0. The molecule has 0 spiro atoms. The molecular weight excluding hydrogens is 268 g/mol. The summed E-state index contributed by atoms with van der Waals surface area (Å²) in [6.07, 6.45) is 0.444. The van der Waals surface area contributed by atoms with Gasteiger partial charge >= 0.3 is 5.97 Å². The number of amides is 1. The van der Waals surface area contributed by atoms with Crippen LogP contribution in [0.1, 0.15) is 37.0 Å². The molecule has 0 saturated heterocycles. The number of carboxylic acids is 1. The van der Waals surface area contributed by atoms with Gasteiger partial charge in [0, 0.05) is 17.6 Å². The molecule has 4 N–H and O–H groups in total. The normalized spacial score (nSPS) is 11.1. The van der Waals surface area contributed by atoms with Crippen molar-refractivity contribution in [3.8, 4) is 0 Å². The minimum absolute atomic E-state index is 0.0342. The summed E-state index contributed by atoms with van der Waals surface area (Å²) < 4.78 is 0. The average molecular weight is 285 g/mol. The standard InChI is InChI=1S/C13H17ClN2O3/c1-13(2,7-6-10(17)18)16-9-5-3-4-8(14)11(9)12(15)19/h3-5,16H,6-7H2,1-2H3,(H2,15,19)(H,17,18). The summed E-state index contributed by atoms with van der Waals surface area (Å²) in [6, 6.07) is 4.97. The predicted molar refractivity (Wildman–Crippen MR) is 74.5 cm³/mol. The van der Waals surface area contributed by atoms with Crippen molar-refractivity contribution >= 4 is 29.2 Å². The molecule has 5 nitrogen and oxygen atoms in total. The lowest BCUT2D eigenvalue weighted by Crippen LogP contribution is -2.32. The highest BCUT2D eigenvalue weighted by Gasteiger charge is 2.22. The van der Waals surface area contributed by atoms with Gasteiger partial charge < -0.3 is 16.2 Å². The van der Waals surface area contributed by atoms with Crippen LogP contribution in [0.15, 0.2) is 18.2 Å². The maximum absolute atomic E-state index is 11.4. The molecule has 1 aromatic rings. The molecule has 0 atom stereocenters. The molecule has 0 unspecified atom stereocenters. The molecule has 0 heterocycles. The Bertz CT molecular complexity index is 501. The topological polar surface area (TPSA) is 92.4 Å². The van der Waals surface area contributed by atoms with Gasteiger partial charge in [-0.1, -0.05) is 17.7 Å². The fourth-order valence-corrected chi connectivity index (χ4v) is 1.99. The summed E-state index contributed by atoms with van der Waals surface area (Å²) in [4.78, 5) is 22.0. The van der Waals surface area contributed by atoms with Crippen molar-refractivity contribution in [1.29, 1.82) is 0 Å². The van der Waals surface area contributed by atoms with Gasteiger partial charge in [0.05, 0.1) is 10.6 Å². The maximum atomic E-state index is 11.4. The van der Waals surface area contributed by atoms with Gasteiger partial charge in [-0.2, -0.15) is 0 Å². The van der Waals surface area contributed by atoms with Gasteiger partial charge in [-0.3, -0.25) is 9.59 Å². The SMILES string of the molecule is CC(C)(CCC(=O)O)Nc1cccc(Cl)c1C(N)=O. The van der Waals surface area contributed by atoms with Crippen LogP contribution < -0.4 is 11.1 Å². The molecule has 0 aliphatic heterocycles. The molecule has 6 heteroatoms. The zero-order valence-electron chi connectivity index (χ0n) is 10.9. The van der Waals surface area contributed by atoms with E-state index in [1.807, 2.05) is 13.8 Å². The highest BCUT2D eigenvalue weighted by molar-refractivity contribution is 6.34. The molecule has 0 radical (unpaired) electrons. The largest absolute Gasteiger partial charge is 0.481 e. The molecular formula is C13H17ClN2O3. The van der Waals surface area contributed by atoms with E-state index in [1.54, 1.807) is 18.2 Å². The lowest BCUT2D eigenvalue weighted by atomic mass is 9.97. The lowest BCUT2D eigenvalue weighted by molar-refractivity contribution is -0.137. The number of carboxylic acid groups (broad SMARTS) is 1. The van der Waals surface area contributed by atoms with Crippen LogP contribution in [-0.2, 0) is 4.79 Å². The summed E-state index contributed by atoms with van der Waals surface area (Å²) in [6.45, 7) is 3.70. The molecule has 0 bridgehead atoms. The van der Waals surface area contributed by atoms with Crippen molar-refractivity contribution in [3.63, 3.8) is 0 Å². The van der Waals surface area contributed by atoms with Crippen LogP contribution >= 0.6 is 11.6 Å². The molecule has 0 aliphatic rings. The first-order valence-corrected chi connectivity index (χ1v) is 6.19. The number of hydrogen-bond acceptors (Lipinski definition) is 3. The zero-order chi connectivity index (χ0) is 14.6. The van der Waals surface area contributed by atoms with E-state index in [9.17, 15) is 9.59 Å². The number of carbonyl (C=O) groups excluding carboxylic acids is 1. The average Bonchev–Trinajstić information content (AvgIpc) is 2.25. The third-order valence-corrected chi connectivity index (χ3v) is 3.01. The summed E-state index contributed by atoms with van der Waals surface area (Å²) in [5, 5.41) is 12.1. The van der Waals surface area contributed by atoms with Crippen molar-refractivity contribution in [3.05, 3.63) is 28.8 Å². The van der Waals surface area contributed by atoms with Gasteiger partial charge in [0.15, 0.2) is 0 Å².